The van der Waals surface area contributed by atoms with Crippen molar-refractivity contribution in [1.29, 1.82) is 0 Å². The van der Waals surface area contributed by atoms with Crippen LogP contribution in [-0.2, 0) is 0 Å². The van der Waals surface area contributed by atoms with Crippen molar-refractivity contribution in [2.24, 2.45) is 5.92 Å². The zero-order valence-corrected chi connectivity index (χ0v) is 11.8. The highest BCUT2D eigenvalue weighted by Crippen LogP contribution is 2.28. The van der Waals surface area contributed by atoms with Gasteiger partial charge in [-0.15, -0.1) is 0 Å². The lowest BCUT2D eigenvalue weighted by Gasteiger charge is -2.43. The summed E-state index contributed by atoms with van der Waals surface area (Å²) in [7, 11) is 2.15. The predicted octanol–water partition coefficient (Wildman–Crippen LogP) is 3.03. The second kappa shape index (κ2) is 6.75. The Bertz CT molecular complexity index is 209. The Morgan fingerprint density at radius 2 is 1.76 bits per heavy atom. The normalized spacial score (nSPS) is 32.8. The Morgan fingerprint density at radius 1 is 1.06 bits per heavy atom. The third-order valence-electron chi connectivity index (χ3n) is 4.92. The SMILES string of the molecule is CCCC1CCN(C2CCCCC2NC)CC1. The maximum absolute atomic E-state index is 3.55. The Morgan fingerprint density at radius 3 is 2.41 bits per heavy atom. The van der Waals surface area contributed by atoms with Gasteiger partial charge in [0, 0.05) is 12.1 Å². The largest absolute Gasteiger partial charge is 0.315 e. The molecule has 0 aromatic rings. The highest BCUT2D eigenvalue weighted by molar-refractivity contribution is 4.89. The summed E-state index contributed by atoms with van der Waals surface area (Å²) in [4.78, 5) is 2.78. The first-order valence-corrected chi connectivity index (χ1v) is 7.76. The molecule has 1 saturated carbocycles. The smallest absolute Gasteiger partial charge is 0.0249 e. The van der Waals surface area contributed by atoms with Crippen LogP contribution >= 0.6 is 0 Å². The van der Waals surface area contributed by atoms with E-state index in [2.05, 4.69) is 24.2 Å². The van der Waals surface area contributed by atoms with E-state index in [1.54, 1.807) is 0 Å². The molecule has 2 atom stereocenters. The van der Waals surface area contributed by atoms with E-state index in [0.29, 0.717) is 0 Å². The number of hydrogen-bond acceptors (Lipinski definition) is 2. The van der Waals surface area contributed by atoms with Gasteiger partial charge in [0.25, 0.3) is 0 Å². The van der Waals surface area contributed by atoms with Gasteiger partial charge >= 0.3 is 0 Å². The maximum atomic E-state index is 3.55. The molecule has 0 aromatic carbocycles. The first-order chi connectivity index (χ1) is 8.35. The molecule has 0 bridgehead atoms. The van der Waals surface area contributed by atoms with E-state index in [0.717, 1.165) is 18.0 Å². The van der Waals surface area contributed by atoms with Crippen molar-refractivity contribution in [3.8, 4) is 0 Å². The summed E-state index contributed by atoms with van der Waals surface area (Å²) in [6.45, 7) is 5.03. The Labute approximate surface area is 107 Å². The second-order valence-electron chi connectivity index (χ2n) is 6.01. The molecule has 2 unspecified atom stereocenters. The van der Waals surface area contributed by atoms with Gasteiger partial charge in [-0.3, -0.25) is 4.90 Å². The van der Waals surface area contributed by atoms with Crippen molar-refractivity contribution < 1.29 is 0 Å². The van der Waals surface area contributed by atoms with Crippen molar-refractivity contribution in [3.63, 3.8) is 0 Å². The van der Waals surface area contributed by atoms with E-state index < -0.39 is 0 Å². The van der Waals surface area contributed by atoms with Crippen LogP contribution in [0.1, 0.15) is 58.3 Å². The van der Waals surface area contributed by atoms with Gasteiger partial charge in [0.15, 0.2) is 0 Å². The van der Waals surface area contributed by atoms with Gasteiger partial charge in [0.05, 0.1) is 0 Å². The molecule has 2 fully saturated rings. The number of likely N-dealkylation sites (N-methyl/N-ethyl adjacent to an activating group) is 1. The summed E-state index contributed by atoms with van der Waals surface area (Å²) in [5.74, 6) is 1.02. The van der Waals surface area contributed by atoms with Crippen LogP contribution in [0.5, 0.6) is 0 Å². The molecule has 1 aliphatic heterocycles. The number of likely N-dealkylation sites (tertiary alicyclic amines) is 1. The topological polar surface area (TPSA) is 15.3 Å². The Kier molecular flexibility index (Phi) is 5.30. The molecule has 0 spiro atoms. The first-order valence-electron chi connectivity index (χ1n) is 7.76. The van der Waals surface area contributed by atoms with Gasteiger partial charge in [-0.2, -0.15) is 0 Å². The maximum Gasteiger partial charge on any atom is 0.0249 e. The van der Waals surface area contributed by atoms with E-state index in [9.17, 15) is 0 Å². The van der Waals surface area contributed by atoms with Crippen molar-refractivity contribution in [1.82, 2.24) is 10.2 Å². The van der Waals surface area contributed by atoms with E-state index >= 15 is 0 Å². The number of nitrogens with zero attached hydrogens (tertiary/aromatic N) is 1. The highest BCUT2D eigenvalue weighted by Gasteiger charge is 2.31. The average Bonchev–Trinajstić information content (AvgIpc) is 2.40. The standard InChI is InChI=1S/C15H30N2/c1-3-6-13-9-11-17(12-10-13)15-8-5-4-7-14(15)16-2/h13-16H,3-12H2,1-2H3. The molecule has 100 valence electrons. The van der Waals surface area contributed by atoms with Crippen molar-refractivity contribution >= 4 is 0 Å². The van der Waals surface area contributed by atoms with Crippen LogP contribution in [0.15, 0.2) is 0 Å². The van der Waals surface area contributed by atoms with E-state index in [1.165, 1.54) is 64.5 Å². The molecule has 0 radical (unpaired) electrons. The molecule has 0 amide bonds. The van der Waals surface area contributed by atoms with Crippen LogP contribution in [-0.4, -0.2) is 37.1 Å². The number of piperidine rings is 1. The fraction of sp³-hybridized carbons (Fsp3) is 1.00. The quantitative estimate of drug-likeness (QED) is 0.810. The van der Waals surface area contributed by atoms with Gasteiger partial charge in [-0.05, 0) is 51.7 Å². The van der Waals surface area contributed by atoms with Crippen LogP contribution < -0.4 is 5.32 Å². The lowest BCUT2D eigenvalue weighted by atomic mass is 9.86. The van der Waals surface area contributed by atoms with Crippen molar-refractivity contribution in [2.75, 3.05) is 20.1 Å². The van der Waals surface area contributed by atoms with Crippen LogP contribution in [0, 0.1) is 5.92 Å². The van der Waals surface area contributed by atoms with Crippen molar-refractivity contribution in [3.05, 3.63) is 0 Å². The molecule has 1 aliphatic carbocycles. The predicted molar refractivity (Wildman–Crippen MR) is 74.3 cm³/mol. The van der Waals surface area contributed by atoms with Gasteiger partial charge in [0.2, 0.25) is 0 Å². The van der Waals surface area contributed by atoms with Gasteiger partial charge < -0.3 is 5.32 Å². The molecule has 1 N–H and O–H groups in total. The summed E-state index contributed by atoms with van der Waals surface area (Å²) in [5, 5.41) is 3.55. The molecule has 1 heterocycles. The molecule has 2 nitrogen and oxygen atoms in total. The highest BCUT2D eigenvalue weighted by atomic mass is 15.2. The zero-order chi connectivity index (χ0) is 12.1. The summed E-state index contributed by atoms with van der Waals surface area (Å²) in [6.07, 6.45) is 11.4. The van der Waals surface area contributed by atoms with E-state index in [1.807, 2.05) is 0 Å². The monoisotopic (exact) mass is 238 g/mol. The van der Waals surface area contributed by atoms with Gasteiger partial charge in [-0.1, -0.05) is 32.6 Å². The van der Waals surface area contributed by atoms with Crippen LogP contribution in [0.25, 0.3) is 0 Å². The first kappa shape index (κ1) is 13.4. The molecule has 2 aliphatic rings. The van der Waals surface area contributed by atoms with Gasteiger partial charge in [-0.25, -0.2) is 0 Å². The minimum atomic E-state index is 0.756. The minimum Gasteiger partial charge on any atom is -0.315 e. The summed E-state index contributed by atoms with van der Waals surface area (Å²) >= 11 is 0. The molecule has 2 heteroatoms. The molecule has 2 rings (SSSR count). The Balaban J connectivity index is 1.82. The minimum absolute atomic E-state index is 0.756. The van der Waals surface area contributed by atoms with E-state index in [4.69, 9.17) is 0 Å². The third kappa shape index (κ3) is 3.45. The number of hydrogen-bond donors (Lipinski definition) is 1. The van der Waals surface area contributed by atoms with Crippen LogP contribution in [0.2, 0.25) is 0 Å². The third-order valence-corrected chi connectivity index (χ3v) is 4.92. The average molecular weight is 238 g/mol. The van der Waals surface area contributed by atoms with Crippen molar-refractivity contribution in [2.45, 2.75) is 70.4 Å². The fourth-order valence-electron chi connectivity index (χ4n) is 3.87. The summed E-state index contributed by atoms with van der Waals surface area (Å²) in [5.41, 5.74) is 0. The molecule has 17 heavy (non-hydrogen) atoms. The zero-order valence-electron chi connectivity index (χ0n) is 11.8. The number of rotatable bonds is 4. The molecule has 0 aromatic heterocycles. The number of nitrogens with one attached hydrogen (secondary N) is 1. The second-order valence-corrected chi connectivity index (χ2v) is 6.01. The van der Waals surface area contributed by atoms with E-state index in [-0.39, 0.29) is 0 Å². The fourth-order valence-corrected chi connectivity index (χ4v) is 3.87. The summed E-state index contributed by atoms with van der Waals surface area (Å²) < 4.78 is 0. The Hall–Kier alpha value is -0.0800. The molecular formula is C15H30N2. The molecule has 1 saturated heterocycles. The lowest BCUT2D eigenvalue weighted by molar-refractivity contribution is 0.0832. The lowest BCUT2D eigenvalue weighted by Crippen LogP contribution is -2.53. The molecular weight excluding hydrogens is 208 g/mol. The van der Waals surface area contributed by atoms with Gasteiger partial charge in [0.1, 0.15) is 0 Å². The van der Waals surface area contributed by atoms with Crippen LogP contribution in [0.4, 0.5) is 0 Å². The summed E-state index contributed by atoms with van der Waals surface area (Å²) in [6, 6.07) is 1.59. The van der Waals surface area contributed by atoms with Crippen LogP contribution in [0.3, 0.4) is 0 Å².